The summed E-state index contributed by atoms with van der Waals surface area (Å²) in [4.78, 5) is 34.6. The van der Waals surface area contributed by atoms with Crippen molar-refractivity contribution in [3.05, 3.63) is 94.8 Å². The number of nitrogens with zero attached hydrogens (tertiary/aromatic N) is 3. The molecule has 0 bridgehead atoms. The van der Waals surface area contributed by atoms with Crippen LogP contribution in [0.4, 0.5) is 27.2 Å². The van der Waals surface area contributed by atoms with Gasteiger partial charge in [-0.3, -0.25) is 4.98 Å². The van der Waals surface area contributed by atoms with E-state index in [9.17, 15) is 27.2 Å². The average Bonchev–Trinajstić information content (AvgIpc) is 3.57. The summed E-state index contributed by atoms with van der Waals surface area (Å²) in [6, 6.07) is 17.2. The van der Waals surface area contributed by atoms with Crippen LogP contribution in [-0.2, 0) is 16.7 Å². The topological polar surface area (TPSA) is 84.0 Å². The Balaban J connectivity index is 1.48. The van der Waals surface area contributed by atoms with Crippen LogP contribution in [0.15, 0.2) is 72.9 Å². The van der Waals surface area contributed by atoms with E-state index >= 15 is 0 Å². The molecule has 1 aromatic heterocycles. The maximum absolute atomic E-state index is 14.1. The van der Waals surface area contributed by atoms with Gasteiger partial charge in [-0.15, -0.1) is 0 Å². The molecule has 2 aliphatic heterocycles. The molecule has 2 fully saturated rings. The highest BCUT2D eigenvalue weighted by atomic mass is 35.5. The minimum Gasteiger partial charge on any atom is -0.444 e. The van der Waals surface area contributed by atoms with Crippen LogP contribution in [0, 0.1) is 11.8 Å². The summed E-state index contributed by atoms with van der Waals surface area (Å²) in [5.41, 5.74) is -0.714. The zero-order chi connectivity index (χ0) is 33.3. The van der Waals surface area contributed by atoms with E-state index in [2.05, 4.69) is 15.0 Å². The number of urea groups is 1. The molecule has 3 heterocycles. The molecule has 2 saturated heterocycles. The number of rotatable bonds is 8. The van der Waals surface area contributed by atoms with Crippen molar-refractivity contribution in [1.82, 2.24) is 20.1 Å². The maximum atomic E-state index is 14.1. The molecule has 2 aromatic carbocycles. The summed E-state index contributed by atoms with van der Waals surface area (Å²) in [7, 11) is 0. The quantitative estimate of drug-likeness (QED) is 0.264. The van der Waals surface area contributed by atoms with Gasteiger partial charge in [0, 0.05) is 50.6 Å². The van der Waals surface area contributed by atoms with Crippen molar-refractivity contribution in [2.45, 2.75) is 50.9 Å². The molecule has 0 aliphatic carbocycles. The van der Waals surface area contributed by atoms with Gasteiger partial charge in [-0.2, -0.15) is 17.6 Å². The van der Waals surface area contributed by atoms with Gasteiger partial charge in [0.2, 0.25) is 0 Å². The van der Waals surface area contributed by atoms with Crippen molar-refractivity contribution >= 4 is 23.7 Å². The molecule has 1 N–H and O–H groups in total. The van der Waals surface area contributed by atoms with Gasteiger partial charge in [-0.1, -0.05) is 54.1 Å². The molecule has 0 saturated carbocycles. The Kier molecular flexibility index (Phi) is 9.40. The fourth-order valence-electron chi connectivity index (χ4n) is 5.97. The van der Waals surface area contributed by atoms with E-state index in [4.69, 9.17) is 16.3 Å². The first-order valence-corrected chi connectivity index (χ1v) is 15.2. The van der Waals surface area contributed by atoms with Crippen molar-refractivity contribution < 1.29 is 36.6 Å². The molecule has 0 spiro atoms. The number of nitrogens with one attached hydrogen (secondary N) is 1. The number of carbonyl (C=O) groups is 2. The van der Waals surface area contributed by atoms with E-state index in [-0.39, 0.29) is 23.8 Å². The van der Waals surface area contributed by atoms with Gasteiger partial charge < -0.3 is 24.6 Å². The van der Waals surface area contributed by atoms with E-state index in [1.54, 1.807) is 48.8 Å². The lowest BCUT2D eigenvalue weighted by atomic mass is 9.80. The van der Waals surface area contributed by atoms with Gasteiger partial charge in [-0.05, 0) is 56.2 Å². The summed E-state index contributed by atoms with van der Waals surface area (Å²) in [5.74, 6) is -0.450. The van der Waals surface area contributed by atoms with Gasteiger partial charge in [0.1, 0.15) is 16.9 Å². The Morgan fingerprint density at radius 1 is 0.957 bits per heavy atom. The number of carbonyl (C=O) groups excluding carboxylic acids is 2. The van der Waals surface area contributed by atoms with E-state index in [0.717, 1.165) is 11.6 Å². The van der Waals surface area contributed by atoms with E-state index in [0.29, 0.717) is 36.9 Å². The van der Waals surface area contributed by atoms with Gasteiger partial charge >= 0.3 is 24.7 Å². The number of alkyl halides is 4. The highest BCUT2D eigenvalue weighted by Crippen LogP contribution is 2.38. The first-order valence-electron chi connectivity index (χ1n) is 14.8. The number of fused-ring (bicyclic) bond motifs is 1. The summed E-state index contributed by atoms with van der Waals surface area (Å²) >= 11 is 6.16. The molecular weight excluding hydrogens is 628 g/mol. The Morgan fingerprint density at radius 3 is 2.20 bits per heavy atom. The Hall–Kier alpha value is -4.06. The number of amides is 3. The van der Waals surface area contributed by atoms with Gasteiger partial charge in [0.25, 0.3) is 0 Å². The summed E-state index contributed by atoms with van der Waals surface area (Å²) in [6.45, 7) is 7.03. The first kappa shape index (κ1) is 33.3. The lowest BCUT2D eigenvalue weighted by molar-refractivity contribution is -0.253. The predicted octanol–water partition coefficient (Wildman–Crippen LogP) is 6.97. The first-order chi connectivity index (χ1) is 21.6. The maximum Gasteiger partial charge on any atom is 0.461 e. The molecule has 0 radical (unpaired) electrons. The van der Waals surface area contributed by atoms with Crippen LogP contribution in [-0.4, -0.2) is 71.2 Å². The molecule has 8 nitrogen and oxygen atoms in total. The number of likely N-dealkylation sites (tertiary alicyclic amines) is 2. The van der Waals surface area contributed by atoms with Crippen LogP contribution in [0.5, 0.6) is 5.75 Å². The zero-order valence-electron chi connectivity index (χ0n) is 25.6. The van der Waals surface area contributed by atoms with Crippen molar-refractivity contribution in [3.63, 3.8) is 0 Å². The lowest BCUT2D eigenvalue weighted by Gasteiger charge is -2.37. The van der Waals surface area contributed by atoms with Crippen molar-refractivity contribution in [1.29, 1.82) is 0 Å². The standard InChI is InChI=1S/C33H35ClF4N4O4/c1-31(2,3)46-30(44)42-19-22-17-41(18-23(22)20-42)29(43)40-32(15-21-8-5-4-6-9-21,27-13-12-25(34)16-39-27)24-10-7-11-26(14-24)45-33(37,38)28(35)36/h4-14,16,22-23,28H,15,17-20H2,1-3H3,(H,40,43)/t22?,23?,32-/m1/s1. The number of hydrogen-bond donors (Lipinski definition) is 1. The zero-order valence-corrected chi connectivity index (χ0v) is 26.3. The highest BCUT2D eigenvalue weighted by molar-refractivity contribution is 6.30. The second-order valence-electron chi connectivity index (χ2n) is 12.7. The second-order valence-corrected chi connectivity index (χ2v) is 13.1. The minimum absolute atomic E-state index is 0.0313. The van der Waals surface area contributed by atoms with E-state index < -0.39 is 41.5 Å². The molecule has 5 rings (SSSR count). The fraction of sp³-hybridized carbons (Fsp3) is 0.424. The number of pyridine rings is 1. The Bertz CT molecular complexity index is 1530. The second kappa shape index (κ2) is 13.0. The number of hydrogen-bond acceptors (Lipinski definition) is 5. The largest absolute Gasteiger partial charge is 0.461 e. The predicted molar refractivity (Wildman–Crippen MR) is 163 cm³/mol. The third-order valence-electron chi connectivity index (χ3n) is 8.06. The van der Waals surface area contributed by atoms with Crippen molar-refractivity contribution in [2.75, 3.05) is 26.2 Å². The minimum atomic E-state index is -4.73. The number of aromatic nitrogens is 1. The number of ether oxygens (including phenoxy) is 2. The van der Waals surface area contributed by atoms with Crippen LogP contribution in [0.2, 0.25) is 5.02 Å². The van der Waals surface area contributed by atoms with Gasteiger partial charge in [-0.25, -0.2) is 9.59 Å². The molecule has 2 aliphatic rings. The van der Waals surface area contributed by atoms with Crippen LogP contribution in [0.1, 0.15) is 37.6 Å². The summed E-state index contributed by atoms with van der Waals surface area (Å²) < 4.78 is 63.9. The van der Waals surface area contributed by atoms with E-state index in [1.807, 2.05) is 30.3 Å². The SMILES string of the molecule is CC(C)(C)OC(=O)N1CC2CN(C(=O)N[C@](Cc3ccccc3)(c3cccc(OC(F)(F)C(F)F)c3)c3ccc(Cl)cn3)CC2C1. The third kappa shape index (κ3) is 7.49. The number of benzene rings is 2. The van der Waals surface area contributed by atoms with Gasteiger partial charge in [0.15, 0.2) is 0 Å². The van der Waals surface area contributed by atoms with Crippen molar-refractivity contribution in [3.8, 4) is 5.75 Å². The average molecular weight is 663 g/mol. The summed E-state index contributed by atoms with van der Waals surface area (Å²) in [6.07, 6.45) is -7.66. The number of halogens is 5. The van der Waals surface area contributed by atoms with Crippen molar-refractivity contribution in [2.24, 2.45) is 11.8 Å². The summed E-state index contributed by atoms with van der Waals surface area (Å²) in [5, 5.41) is 3.46. The molecule has 246 valence electrons. The molecule has 2 unspecified atom stereocenters. The van der Waals surface area contributed by atoms with Crippen LogP contribution >= 0.6 is 11.6 Å². The van der Waals surface area contributed by atoms with Gasteiger partial charge in [0.05, 0.1) is 10.7 Å². The molecule has 13 heteroatoms. The van der Waals surface area contributed by atoms with Crippen LogP contribution < -0.4 is 10.1 Å². The Labute approximate surface area is 269 Å². The molecular formula is C33H35ClF4N4O4. The van der Waals surface area contributed by atoms with E-state index in [1.165, 1.54) is 18.3 Å². The molecule has 3 amide bonds. The van der Waals surface area contributed by atoms with Crippen LogP contribution in [0.3, 0.4) is 0 Å². The fourth-order valence-corrected chi connectivity index (χ4v) is 6.09. The van der Waals surface area contributed by atoms with Crippen LogP contribution in [0.25, 0.3) is 0 Å². The monoisotopic (exact) mass is 662 g/mol. The smallest absolute Gasteiger partial charge is 0.444 e. The Morgan fingerprint density at radius 2 is 1.61 bits per heavy atom. The lowest BCUT2D eigenvalue weighted by Crippen LogP contribution is -2.53. The third-order valence-corrected chi connectivity index (χ3v) is 8.28. The highest BCUT2D eigenvalue weighted by Gasteiger charge is 2.47. The molecule has 46 heavy (non-hydrogen) atoms. The molecule has 3 atom stereocenters. The molecule has 3 aromatic rings. The normalized spacial score (nSPS) is 19.5.